The van der Waals surface area contributed by atoms with Crippen molar-refractivity contribution in [3.8, 4) is 11.1 Å². The van der Waals surface area contributed by atoms with Gasteiger partial charge in [-0.2, -0.15) is 0 Å². The van der Waals surface area contributed by atoms with Gasteiger partial charge in [-0.1, -0.05) is 36.4 Å². The summed E-state index contributed by atoms with van der Waals surface area (Å²) >= 11 is 0. The van der Waals surface area contributed by atoms with Gasteiger partial charge in [-0.15, -0.1) is 0 Å². The zero-order chi connectivity index (χ0) is 14.0. The molecule has 4 rings (SSSR count). The largest absolute Gasteiger partial charge is 0.380 e. The van der Waals surface area contributed by atoms with E-state index in [-0.39, 0.29) is 0 Å². The third-order valence-corrected chi connectivity index (χ3v) is 4.06. The van der Waals surface area contributed by atoms with E-state index in [0.717, 1.165) is 0 Å². The van der Waals surface area contributed by atoms with Gasteiger partial charge in [-0.3, -0.25) is 9.59 Å². The monoisotopic (exact) mass is 266 g/mol. The number of carbonyl (C=O) groups is 2. The van der Waals surface area contributed by atoms with Gasteiger partial charge < -0.3 is 10.2 Å². The Hall–Kier alpha value is -2.30. The molecule has 4 nitrogen and oxygen atoms in total. The Labute approximate surface area is 114 Å². The smallest absolute Gasteiger partial charge is 0.196 e. The van der Waals surface area contributed by atoms with E-state index >= 15 is 0 Å². The topological polar surface area (TPSA) is 74.6 Å². The number of aliphatic hydroxyl groups is 2. The molecule has 4 heteroatoms. The minimum absolute atomic E-state index is 0.343. The van der Waals surface area contributed by atoms with Crippen molar-refractivity contribution in [3.63, 3.8) is 0 Å². The van der Waals surface area contributed by atoms with Crippen LogP contribution in [0.5, 0.6) is 0 Å². The molecule has 2 aliphatic rings. The molecule has 2 atom stereocenters. The quantitative estimate of drug-likeness (QED) is 0.762. The molecular weight excluding hydrogens is 256 g/mol. The van der Waals surface area contributed by atoms with Crippen LogP contribution in [0.15, 0.2) is 36.4 Å². The number of hydrogen-bond donors (Lipinski definition) is 2. The summed E-state index contributed by atoms with van der Waals surface area (Å²) in [5.74, 6) is -0.814. The van der Waals surface area contributed by atoms with Crippen LogP contribution in [0, 0.1) is 0 Å². The first-order valence-corrected chi connectivity index (χ1v) is 6.32. The van der Waals surface area contributed by atoms with Crippen molar-refractivity contribution in [2.45, 2.75) is 12.2 Å². The second kappa shape index (κ2) is 3.62. The minimum Gasteiger partial charge on any atom is -0.380 e. The highest BCUT2D eigenvalue weighted by Gasteiger charge is 2.40. The van der Waals surface area contributed by atoms with Crippen molar-refractivity contribution in [2.24, 2.45) is 0 Å². The van der Waals surface area contributed by atoms with Crippen LogP contribution >= 0.6 is 0 Å². The molecule has 0 saturated heterocycles. The normalized spacial score (nSPS) is 22.7. The van der Waals surface area contributed by atoms with Crippen LogP contribution < -0.4 is 0 Å². The molecule has 0 aliphatic heterocycles. The van der Waals surface area contributed by atoms with Crippen molar-refractivity contribution in [1.82, 2.24) is 0 Å². The Morgan fingerprint density at radius 3 is 1.65 bits per heavy atom. The molecular formula is C16H10O4. The lowest BCUT2D eigenvalue weighted by Gasteiger charge is -2.31. The van der Waals surface area contributed by atoms with E-state index in [2.05, 4.69) is 0 Å². The summed E-state index contributed by atoms with van der Waals surface area (Å²) in [5.41, 5.74) is 2.77. The minimum atomic E-state index is -1.24. The highest BCUT2D eigenvalue weighted by atomic mass is 16.3. The molecule has 2 aromatic rings. The average molecular weight is 266 g/mol. The molecule has 0 heterocycles. The summed E-state index contributed by atoms with van der Waals surface area (Å²) in [6, 6.07) is 9.76. The Balaban J connectivity index is 2.22. The van der Waals surface area contributed by atoms with E-state index < -0.39 is 23.8 Å². The number of benzene rings is 2. The average Bonchev–Trinajstić information content (AvgIpc) is 2.48. The molecule has 2 aliphatic carbocycles. The van der Waals surface area contributed by atoms with E-state index in [4.69, 9.17) is 0 Å². The first-order chi connectivity index (χ1) is 9.61. The molecule has 0 saturated carbocycles. The number of hydrogen-bond acceptors (Lipinski definition) is 4. The summed E-state index contributed by atoms with van der Waals surface area (Å²) in [6.45, 7) is 0. The summed E-state index contributed by atoms with van der Waals surface area (Å²) < 4.78 is 0. The second-order valence-electron chi connectivity index (χ2n) is 5.07. The number of aliphatic hydroxyl groups excluding tert-OH is 2. The molecule has 2 unspecified atom stereocenters. The van der Waals surface area contributed by atoms with Crippen LogP contribution in [0.4, 0.5) is 0 Å². The lowest BCUT2D eigenvalue weighted by molar-refractivity contribution is 0.0723. The van der Waals surface area contributed by atoms with Gasteiger partial charge in [0.1, 0.15) is 12.2 Å². The van der Waals surface area contributed by atoms with Crippen LogP contribution in [0.25, 0.3) is 11.1 Å². The fourth-order valence-corrected chi connectivity index (χ4v) is 3.14. The molecule has 0 radical (unpaired) electrons. The first-order valence-electron chi connectivity index (χ1n) is 6.32. The van der Waals surface area contributed by atoms with E-state index in [1.807, 2.05) is 0 Å². The zero-order valence-corrected chi connectivity index (χ0v) is 10.3. The Morgan fingerprint density at radius 2 is 1.15 bits per heavy atom. The molecule has 98 valence electrons. The molecule has 0 aromatic heterocycles. The van der Waals surface area contributed by atoms with Gasteiger partial charge in [-0.05, 0) is 16.7 Å². The molecule has 2 aromatic carbocycles. The van der Waals surface area contributed by atoms with Crippen LogP contribution in [0.1, 0.15) is 44.1 Å². The predicted molar refractivity (Wildman–Crippen MR) is 70.5 cm³/mol. The number of Topliss-reactive ketones (excluding diaryl/α,β-unsaturated/α-hetero) is 2. The standard InChI is InChI=1S/C16H10O4/c17-13-7-3-1-4-8-11(7)12-9(15(13)19)5-2-6-10(12)16(20)14(8)18/h1-6,13-14,17-18H. The van der Waals surface area contributed by atoms with Gasteiger partial charge in [0.25, 0.3) is 0 Å². The van der Waals surface area contributed by atoms with Gasteiger partial charge in [0.05, 0.1) is 0 Å². The Morgan fingerprint density at radius 1 is 0.700 bits per heavy atom. The SMILES string of the molecule is O=C1c2cccc3c2-c2c(cccc2C(O)C3=O)C1O. The molecule has 20 heavy (non-hydrogen) atoms. The van der Waals surface area contributed by atoms with Crippen molar-refractivity contribution >= 4 is 11.6 Å². The number of ketones is 2. The van der Waals surface area contributed by atoms with Gasteiger partial charge in [0.2, 0.25) is 0 Å². The third-order valence-electron chi connectivity index (χ3n) is 4.06. The van der Waals surface area contributed by atoms with Gasteiger partial charge in [0.15, 0.2) is 11.6 Å². The van der Waals surface area contributed by atoms with Crippen molar-refractivity contribution in [2.75, 3.05) is 0 Å². The lowest BCUT2D eigenvalue weighted by atomic mass is 9.73. The zero-order valence-electron chi connectivity index (χ0n) is 10.3. The van der Waals surface area contributed by atoms with Gasteiger partial charge in [0, 0.05) is 16.7 Å². The Bertz CT molecular complexity index is 733. The van der Waals surface area contributed by atoms with Crippen LogP contribution in [-0.2, 0) is 0 Å². The highest BCUT2D eigenvalue weighted by Crippen LogP contribution is 2.47. The molecule has 0 bridgehead atoms. The number of carbonyl (C=O) groups excluding carboxylic acids is 2. The summed E-state index contributed by atoms with van der Waals surface area (Å²) in [7, 11) is 0. The fourth-order valence-electron chi connectivity index (χ4n) is 3.14. The molecule has 0 fully saturated rings. The summed E-state index contributed by atoms with van der Waals surface area (Å²) in [4.78, 5) is 24.5. The maximum atomic E-state index is 12.2. The van der Waals surface area contributed by atoms with E-state index in [1.165, 1.54) is 0 Å². The second-order valence-corrected chi connectivity index (χ2v) is 5.07. The summed E-state index contributed by atoms with van der Waals surface area (Å²) in [6.07, 6.45) is -2.48. The van der Waals surface area contributed by atoms with Crippen LogP contribution in [-0.4, -0.2) is 21.8 Å². The van der Waals surface area contributed by atoms with E-state index in [9.17, 15) is 19.8 Å². The molecule has 0 amide bonds. The predicted octanol–water partition coefficient (Wildman–Crippen LogP) is 1.81. The third kappa shape index (κ3) is 1.18. The fraction of sp³-hybridized carbons (Fsp3) is 0.125. The van der Waals surface area contributed by atoms with Crippen molar-refractivity contribution in [1.29, 1.82) is 0 Å². The van der Waals surface area contributed by atoms with Crippen molar-refractivity contribution < 1.29 is 19.8 Å². The molecule has 2 N–H and O–H groups in total. The molecule has 0 spiro atoms. The maximum absolute atomic E-state index is 12.2. The van der Waals surface area contributed by atoms with Crippen LogP contribution in [0.2, 0.25) is 0 Å². The summed E-state index contributed by atoms with van der Waals surface area (Å²) in [5, 5.41) is 20.3. The maximum Gasteiger partial charge on any atom is 0.196 e. The van der Waals surface area contributed by atoms with Crippen molar-refractivity contribution in [3.05, 3.63) is 58.7 Å². The number of rotatable bonds is 0. The van der Waals surface area contributed by atoms with E-state index in [0.29, 0.717) is 33.4 Å². The Kier molecular flexibility index (Phi) is 2.09. The van der Waals surface area contributed by atoms with Gasteiger partial charge in [-0.25, -0.2) is 0 Å². The van der Waals surface area contributed by atoms with Crippen LogP contribution in [0.3, 0.4) is 0 Å². The van der Waals surface area contributed by atoms with Gasteiger partial charge >= 0.3 is 0 Å². The van der Waals surface area contributed by atoms with E-state index in [1.54, 1.807) is 36.4 Å². The lowest BCUT2D eigenvalue weighted by Crippen LogP contribution is -2.27. The highest BCUT2D eigenvalue weighted by molar-refractivity contribution is 6.18. The first kappa shape index (κ1) is 11.5.